The summed E-state index contributed by atoms with van der Waals surface area (Å²) in [4.78, 5) is 0. The highest BCUT2D eigenvalue weighted by Gasteiger charge is 2.46. The number of aliphatic hydroxyl groups excluding tert-OH is 4. The van der Waals surface area contributed by atoms with Gasteiger partial charge >= 0.3 is 0 Å². The largest absolute Gasteiger partial charge is 0.418 e. The zero-order valence-electron chi connectivity index (χ0n) is 13.6. The standard InChI is InChI=1S/C18H18N2O6/c21-8-12-13(22)14(23)15(24)16(25-12)18-20-19-17(26-18)11-6-5-9-3-1-2-4-10(9)7-11/h1-7,12-16,21-24H,8H2/t12-,13-,14+,15-,16-/m1/s1. The smallest absolute Gasteiger partial charge is 0.248 e. The van der Waals surface area contributed by atoms with Gasteiger partial charge in [-0.3, -0.25) is 0 Å². The first-order valence-corrected chi connectivity index (χ1v) is 8.21. The van der Waals surface area contributed by atoms with E-state index in [1.807, 2.05) is 42.5 Å². The van der Waals surface area contributed by atoms with Crippen molar-refractivity contribution in [2.24, 2.45) is 0 Å². The number of aliphatic hydroxyl groups is 4. The van der Waals surface area contributed by atoms with Crippen molar-refractivity contribution in [2.75, 3.05) is 6.61 Å². The first-order chi connectivity index (χ1) is 12.6. The van der Waals surface area contributed by atoms with Crippen molar-refractivity contribution in [3.63, 3.8) is 0 Å². The quantitative estimate of drug-likeness (QED) is 0.530. The van der Waals surface area contributed by atoms with Crippen molar-refractivity contribution in [3.05, 3.63) is 48.4 Å². The van der Waals surface area contributed by atoms with Crippen LogP contribution >= 0.6 is 0 Å². The molecule has 4 rings (SSSR count). The molecule has 8 nitrogen and oxygen atoms in total. The molecule has 0 saturated carbocycles. The highest BCUT2D eigenvalue weighted by Crippen LogP contribution is 2.33. The van der Waals surface area contributed by atoms with Crippen LogP contribution in [0.5, 0.6) is 0 Å². The van der Waals surface area contributed by atoms with Gasteiger partial charge in [0.05, 0.1) is 6.61 Å². The van der Waals surface area contributed by atoms with Crippen LogP contribution in [0.25, 0.3) is 22.2 Å². The fourth-order valence-corrected chi connectivity index (χ4v) is 3.09. The van der Waals surface area contributed by atoms with Crippen LogP contribution in [0, 0.1) is 0 Å². The fraction of sp³-hybridized carbons (Fsp3) is 0.333. The summed E-state index contributed by atoms with van der Waals surface area (Å²) in [5.41, 5.74) is 0.701. The molecule has 0 radical (unpaired) electrons. The van der Waals surface area contributed by atoms with Crippen molar-refractivity contribution in [1.82, 2.24) is 10.2 Å². The summed E-state index contributed by atoms with van der Waals surface area (Å²) < 4.78 is 11.1. The molecule has 1 aliphatic rings. The van der Waals surface area contributed by atoms with Crippen LogP contribution in [0.1, 0.15) is 12.0 Å². The summed E-state index contributed by atoms with van der Waals surface area (Å²) in [5, 5.41) is 49.1. The van der Waals surface area contributed by atoms with Gasteiger partial charge in [0.25, 0.3) is 0 Å². The second-order valence-electron chi connectivity index (χ2n) is 6.26. The first kappa shape index (κ1) is 17.1. The molecule has 0 aliphatic carbocycles. The van der Waals surface area contributed by atoms with Gasteiger partial charge < -0.3 is 29.6 Å². The number of hydrogen-bond donors (Lipinski definition) is 4. The van der Waals surface area contributed by atoms with Crippen molar-refractivity contribution in [3.8, 4) is 11.5 Å². The second-order valence-corrected chi connectivity index (χ2v) is 6.26. The van der Waals surface area contributed by atoms with Crippen LogP contribution < -0.4 is 0 Å². The molecule has 2 heterocycles. The molecule has 1 aromatic heterocycles. The average Bonchev–Trinajstić information content (AvgIpc) is 3.16. The first-order valence-electron chi connectivity index (χ1n) is 8.21. The molecule has 5 atom stereocenters. The summed E-state index contributed by atoms with van der Waals surface area (Å²) >= 11 is 0. The molecule has 0 bridgehead atoms. The van der Waals surface area contributed by atoms with E-state index in [1.165, 1.54) is 0 Å². The molecule has 0 amide bonds. The third-order valence-corrected chi connectivity index (χ3v) is 4.57. The van der Waals surface area contributed by atoms with Crippen molar-refractivity contribution >= 4 is 10.8 Å². The van der Waals surface area contributed by atoms with E-state index in [9.17, 15) is 20.4 Å². The Morgan fingerprint density at radius 2 is 1.65 bits per heavy atom. The van der Waals surface area contributed by atoms with E-state index in [1.54, 1.807) is 0 Å². The third-order valence-electron chi connectivity index (χ3n) is 4.57. The van der Waals surface area contributed by atoms with Crippen LogP contribution in [-0.4, -0.2) is 61.6 Å². The number of hydrogen-bond acceptors (Lipinski definition) is 8. The van der Waals surface area contributed by atoms with Gasteiger partial charge in [-0.05, 0) is 22.9 Å². The molecule has 3 aromatic rings. The topological polar surface area (TPSA) is 129 Å². The minimum Gasteiger partial charge on any atom is -0.418 e. The molecule has 4 N–H and O–H groups in total. The number of fused-ring (bicyclic) bond motifs is 1. The van der Waals surface area contributed by atoms with Crippen molar-refractivity contribution in [2.45, 2.75) is 30.5 Å². The maximum atomic E-state index is 10.2. The highest BCUT2D eigenvalue weighted by atomic mass is 16.6. The molecule has 2 aromatic carbocycles. The van der Waals surface area contributed by atoms with E-state index in [0.29, 0.717) is 5.56 Å². The Kier molecular flexibility index (Phi) is 4.43. The third kappa shape index (κ3) is 2.87. The molecule has 1 aliphatic heterocycles. The Balaban J connectivity index is 1.64. The van der Waals surface area contributed by atoms with Crippen LogP contribution in [0.15, 0.2) is 46.9 Å². The number of aromatic nitrogens is 2. The number of rotatable bonds is 3. The maximum Gasteiger partial charge on any atom is 0.248 e. The van der Waals surface area contributed by atoms with E-state index < -0.39 is 37.1 Å². The lowest BCUT2D eigenvalue weighted by Gasteiger charge is -2.38. The van der Waals surface area contributed by atoms with Gasteiger partial charge in [-0.25, -0.2) is 0 Å². The summed E-state index contributed by atoms with van der Waals surface area (Å²) in [6.07, 6.45) is -6.57. The number of benzene rings is 2. The normalized spacial score (nSPS) is 29.2. The summed E-state index contributed by atoms with van der Waals surface area (Å²) in [6, 6.07) is 13.5. The SMILES string of the molecule is OC[C@H]1O[C@@H](c2nnc(-c3ccc4ccccc4c3)o2)[C@H](O)[C@@H](O)[C@@H]1O. The molecule has 0 spiro atoms. The van der Waals surface area contributed by atoms with Crippen LogP contribution in [0.3, 0.4) is 0 Å². The molecule has 136 valence electrons. The summed E-state index contributed by atoms with van der Waals surface area (Å²) in [5.74, 6) is 0.202. The number of nitrogens with zero attached hydrogens (tertiary/aromatic N) is 2. The lowest BCUT2D eigenvalue weighted by molar-refractivity contribution is -0.236. The van der Waals surface area contributed by atoms with Gasteiger partial charge in [0.1, 0.15) is 24.4 Å². The monoisotopic (exact) mass is 358 g/mol. The number of ether oxygens (including phenoxy) is 1. The van der Waals surface area contributed by atoms with Gasteiger partial charge in [-0.15, -0.1) is 10.2 Å². The molecule has 26 heavy (non-hydrogen) atoms. The summed E-state index contributed by atoms with van der Waals surface area (Å²) in [7, 11) is 0. The highest BCUT2D eigenvalue weighted by molar-refractivity contribution is 5.86. The van der Waals surface area contributed by atoms with Crippen LogP contribution in [0.2, 0.25) is 0 Å². The van der Waals surface area contributed by atoms with Crippen molar-refractivity contribution in [1.29, 1.82) is 0 Å². The van der Waals surface area contributed by atoms with Gasteiger partial charge in [0.15, 0.2) is 6.10 Å². The Bertz CT molecular complexity index is 911. The predicted molar refractivity (Wildman–Crippen MR) is 90.0 cm³/mol. The summed E-state index contributed by atoms with van der Waals surface area (Å²) in [6.45, 7) is -0.521. The van der Waals surface area contributed by atoms with Crippen LogP contribution in [0.4, 0.5) is 0 Å². The molecular formula is C18H18N2O6. The zero-order chi connectivity index (χ0) is 18.3. The van der Waals surface area contributed by atoms with Crippen molar-refractivity contribution < 1.29 is 29.6 Å². The molecule has 8 heteroatoms. The molecule has 0 unspecified atom stereocenters. The fourth-order valence-electron chi connectivity index (χ4n) is 3.09. The minimum absolute atomic E-state index is 0.0370. The Labute approximate surface area is 148 Å². The predicted octanol–water partition coefficient (Wildman–Crippen LogP) is 0.405. The molecular weight excluding hydrogens is 340 g/mol. The van der Waals surface area contributed by atoms with E-state index >= 15 is 0 Å². The molecule has 1 fully saturated rings. The lowest BCUT2D eigenvalue weighted by atomic mass is 9.95. The van der Waals surface area contributed by atoms with Gasteiger partial charge in [0.2, 0.25) is 11.8 Å². The van der Waals surface area contributed by atoms with E-state index in [-0.39, 0.29) is 11.8 Å². The minimum atomic E-state index is -1.50. The maximum absolute atomic E-state index is 10.2. The van der Waals surface area contributed by atoms with Crippen LogP contribution in [-0.2, 0) is 4.74 Å². The van der Waals surface area contributed by atoms with E-state index in [4.69, 9.17) is 9.15 Å². The van der Waals surface area contributed by atoms with Gasteiger partial charge in [0, 0.05) is 5.56 Å². The van der Waals surface area contributed by atoms with E-state index in [0.717, 1.165) is 10.8 Å². The van der Waals surface area contributed by atoms with Gasteiger partial charge in [-0.1, -0.05) is 30.3 Å². The molecule has 1 saturated heterocycles. The Morgan fingerprint density at radius 1 is 0.885 bits per heavy atom. The van der Waals surface area contributed by atoms with Gasteiger partial charge in [-0.2, -0.15) is 0 Å². The lowest BCUT2D eigenvalue weighted by Crippen LogP contribution is -2.55. The zero-order valence-corrected chi connectivity index (χ0v) is 13.6. The average molecular weight is 358 g/mol. The van der Waals surface area contributed by atoms with E-state index in [2.05, 4.69) is 10.2 Å². The Morgan fingerprint density at radius 3 is 2.42 bits per heavy atom. The second kappa shape index (κ2) is 6.75. The Hall–Kier alpha value is -2.36.